The lowest BCUT2D eigenvalue weighted by Gasteiger charge is -2.38. The number of nitrogens with one attached hydrogen (secondary N) is 1. The first-order valence-electron chi connectivity index (χ1n) is 6.91. The van der Waals surface area contributed by atoms with Crippen LogP contribution in [0, 0.1) is 5.41 Å². The molecule has 0 spiro atoms. The van der Waals surface area contributed by atoms with Crippen molar-refractivity contribution in [1.29, 1.82) is 5.41 Å². The number of nitrogens with two attached hydrogens (primary N) is 1. The van der Waals surface area contributed by atoms with Crippen LogP contribution in [0.1, 0.15) is 26.0 Å². The third kappa shape index (κ3) is 3.23. The predicted molar refractivity (Wildman–Crippen MR) is 78.8 cm³/mol. The third-order valence-electron chi connectivity index (χ3n) is 3.92. The second kappa shape index (κ2) is 6.02. The molecule has 1 aliphatic heterocycles. The van der Waals surface area contributed by atoms with E-state index in [1.54, 1.807) is 0 Å². The smallest absolute Gasteiger partial charge is 0.141 e. The molecule has 0 bridgehead atoms. The Bertz CT molecular complexity index is 420. The highest BCUT2D eigenvalue weighted by atomic mass is 15.3. The lowest BCUT2D eigenvalue weighted by molar-refractivity contribution is 0.193. The molecule has 2 heterocycles. The number of nitrogen functional groups attached to an aromatic ring is 1. The molecule has 1 aromatic rings. The highest BCUT2D eigenvalue weighted by Crippen LogP contribution is 2.17. The summed E-state index contributed by atoms with van der Waals surface area (Å²) in [5.74, 6) is 0.0214. The van der Waals surface area contributed by atoms with Crippen LogP contribution in [0.2, 0.25) is 0 Å². The molecular weight excluding hydrogens is 238 g/mol. The molecule has 0 aliphatic carbocycles. The second-order valence-electron chi connectivity index (χ2n) is 5.10. The maximum Gasteiger partial charge on any atom is 0.141 e. The number of pyridine rings is 1. The molecule has 1 aliphatic rings. The topological polar surface area (TPSA) is 69.2 Å². The van der Waals surface area contributed by atoms with E-state index in [4.69, 9.17) is 11.1 Å². The van der Waals surface area contributed by atoms with E-state index in [0.29, 0.717) is 11.7 Å². The van der Waals surface area contributed by atoms with Crippen LogP contribution in [0.25, 0.3) is 0 Å². The monoisotopic (exact) mass is 261 g/mol. The Morgan fingerprint density at radius 2 is 2.05 bits per heavy atom. The molecule has 2 rings (SSSR count). The van der Waals surface area contributed by atoms with Crippen molar-refractivity contribution in [2.24, 2.45) is 5.73 Å². The SMILES string of the molecule is CCC(C)N1CCN(c2ccc(C(=N)N)nc2)CC1. The zero-order valence-corrected chi connectivity index (χ0v) is 11.8. The van der Waals surface area contributed by atoms with Crippen LogP contribution in [0.5, 0.6) is 0 Å². The van der Waals surface area contributed by atoms with E-state index in [0.717, 1.165) is 31.9 Å². The number of amidine groups is 1. The van der Waals surface area contributed by atoms with Crippen LogP contribution in [0.3, 0.4) is 0 Å². The summed E-state index contributed by atoms with van der Waals surface area (Å²) in [6.45, 7) is 8.80. The summed E-state index contributed by atoms with van der Waals surface area (Å²) in [5, 5.41) is 7.34. The van der Waals surface area contributed by atoms with Gasteiger partial charge in [-0.25, -0.2) is 0 Å². The van der Waals surface area contributed by atoms with Crippen molar-refractivity contribution in [2.75, 3.05) is 31.1 Å². The van der Waals surface area contributed by atoms with Gasteiger partial charge in [0, 0.05) is 32.2 Å². The van der Waals surface area contributed by atoms with E-state index >= 15 is 0 Å². The minimum absolute atomic E-state index is 0.0214. The maximum absolute atomic E-state index is 7.34. The summed E-state index contributed by atoms with van der Waals surface area (Å²) >= 11 is 0. The molecule has 1 unspecified atom stereocenters. The van der Waals surface area contributed by atoms with Crippen molar-refractivity contribution in [1.82, 2.24) is 9.88 Å². The molecule has 5 heteroatoms. The van der Waals surface area contributed by atoms with Crippen LogP contribution >= 0.6 is 0 Å². The van der Waals surface area contributed by atoms with Crippen molar-refractivity contribution in [2.45, 2.75) is 26.3 Å². The molecule has 5 nitrogen and oxygen atoms in total. The molecule has 0 saturated carbocycles. The molecule has 1 saturated heterocycles. The molecule has 1 atom stereocenters. The number of piperazine rings is 1. The van der Waals surface area contributed by atoms with Crippen molar-refractivity contribution >= 4 is 11.5 Å². The summed E-state index contributed by atoms with van der Waals surface area (Å²) in [4.78, 5) is 9.10. The van der Waals surface area contributed by atoms with Crippen molar-refractivity contribution in [3.8, 4) is 0 Å². The maximum atomic E-state index is 7.34. The number of anilines is 1. The van der Waals surface area contributed by atoms with Crippen LogP contribution in [-0.2, 0) is 0 Å². The first kappa shape index (κ1) is 13.8. The Morgan fingerprint density at radius 3 is 2.53 bits per heavy atom. The van der Waals surface area contributed by atoms with Gasteiger partial charge in [-0.05, 0) is 25.5 Å². The van der Waals surface area contributed by atoms with Crippen LogP contribution < -0.4 is 10.6 Å². The lowest BCUT2D eigenvalue weighted by Crippen LogP contribution is -2.49. The Hall–Kier alpha value is -1.62. The summed E-state index contributed by atoms with van der Waals surface area (Å²) in [5.41, 5.74) is 7.07. The quantitative estimate of drug-likeness (QED) is 0.633. The zero-order chi connectivity index (χ0) is 13.8. The van der Waals surface area contributed by atoms with Crippen LogP contribution in [-0.4, -0.2) is 47.9 Å². The van der Waals surface area contributed by atoms with Gasteiger partial charge in [0.15, 0.2) is 0 Å². The number of hydrogen-bond acceptors (Lipinski definition) is 4. The molecule has 0 aromatic carbocycles. The molecule has 1 aromatic heterocycles. The summed E-state index contributed by atoms with van der Waals surface area (Å²) in [6.07, 6.45) is 3.02. The molecule has 0 amide bonds. The second-order valence-corrected chi connectivity index (χ2v) is 5.10. The van der Waals surface area contributed by atoms with Gasteiger partial charge in [-0.2, -0.15) is 0 Å². The average molecular weight is 261 g/mol. The Labute approximate surface area is 114 Å². The molecule has 1 fully saturated rings. The molecular formula is C14H23N5. The van der Waals surface area contributed by atoms with Crippen molar-refractivity contribution < 1.29 is 0 Å². The third-order valence-corrected chi connectivity index (χ3v) is 3.92. The van der Waals surface area contributed by atoms with Gasteiger partial charge in [0.05, 0.1) is 11.9 Å². The Morgan fingerprint density at radius 1 is 1.37 bits per heavy atom. The Balaban J connectivity index is 1.96. The van der Waals surface area contributed by atoms with Gasteiger partial charge in [-0.3, -0.25) is 15.3 Å². The molecule has 0 radical (unpaired) electrons. The largest absolute Gasteiger partial charge is 0.382 e. The lowest BCUT2D eigenvalue weighted by atomic mass is 10.2. The van der Waals surface area contributed by atoms with Crippen LogP contribution in [0.4, 0.5) is 5.69 Å². The van der Waals surface area contributed by atoms with Crippen LogP contribution in [0.15, 0.2) is 18.3 Å². The first-order valence-corrected chi connectivity index (χ1v) is 6.91. The van der Waals surface area contributed by atoms with Crippen molar-refractivity contribution in [3.05, 3.63) is 24.0 Å². The first-order chi connectivity index (χ1) is 9.11. The minimum Gasteiger partial charge on any atom is -0.382 e. The van der Waals surface area contributed by atoms with Gasteiger partial charge in [0.25, 0.3) is 0 Å². The molecule has 3 N–H and O–H groups in total. The predicted octanol–water partition coefficient (Wildman–Crippen LogP) is 1.29. The van der Waals surface area contributed by atoms with E-state index in [2.05, 4.69) is 28.6 Å². The van der Waals surface area contributed by atoms with Gasteiger partial charge < -0.3 is 10.6 Å². The van der Waals surface area contributed by atoms with E-state index in [9.17, 15) is 0 Å². The highest BCUT2D eigenvalue weighted by Gasteiger charge is 2.20. The molecule has 104 valence electrons. The number of rotatable bonds is 4. The van der Waals surface area contributed by atoms with Gasteiger partial charge in [0.2, 0.25) is 0 Å². The zero-order valence-electron chi connectivity index (χ0n) is 11.8. The normalized spacial score (nSPS) is 18.3. The summed E-state index contributed by atoms with van der Waals surface area (Å²) in [7, 11) is 0. The van der Waals surface area contributed by atoms with E-state index in [-0.39, 0.29) is 5.84 Å². The van der Waals surface area contributed by atoms with E-state index in [1.165, 1.54) is 6.42 Å². The Kier molecular flexibility index (Phi) is 4.37. The standard InChI is InChI=1S/C14H23N5/c1-3-11(2)18-6-8-19(9-7-18)12-4-5-13(14(15)16)17-10-12/h4-5,10-11H,3,6-9H2,1-2H3,(H3,15,16). The average Bonchev–Trinajstić information content (AvgIpc) is 2.46. The van der Waals surface area contributed by atoms with Crippen molar-refractivity contribution in [3.63, 3.8) is 0 Å². The fourth-order valence-corrected chi connectivity index (χ4v) is 2.41. The fourth-order valence-electron chi connectivity index (χ4n) is 2.41. The highest BCUT2D eigenvalue weighted by molar-refractivity contribution is 5.93. The number of hydrogen-bond donors (Lipinski definition) is 2. The minimum atomic E-state index is 0.0214. The van der Waals surface area contributed by atoms with Gasteiger partial charge in [-0.1, -0.05) is 6.92 Å². The summed E-state index contributed by atoms with van der Waals surface area (Å²) in [6, 6.07) is 4.49. The van der Waals surface area contributed by atoms with Gasteiger partial charge >= 0.3 is 0 Å². The van der Waals surface area contributed by atoms with Gasteiger partial charge in [0.1, 0.15) is 11.5 Å². The van der Waals surface area contributed by atoms with E-state index in [1.807, 2.05) is 18.3 Å². The van der Waals surface area contributed by atoms with Gasteiger partial charge in [-0.15, -0.1) is 0 Å². The fraction of sp³-hybridized carbons (Fsp3) is 0.571. The van der Waals surface area contributed by atoms with E-state index < -0.39 is 0 Å². The number of aromatic nitrogens is 1. The number of nitrogens with zero attached hydrogens (tertiary/aromatic N) is 3. The summed E-state index contributed by atoms with van der Waals surface area (Å²) < 4.78 is 0. The molecule has 19 heavy (non-hydrogen) atoms.